The third kappa shape index (κ3) is 4.97. The Labute approximate surface area is 162 Å². The number of piperazine rings is 1. The molecule has 0 bridgehead atoms. The van der Waals surface area contributed by atoms with E-state index in [-0.39, 0.29) is 5.91 Å². The van der Waals surface area contributed by atoms with E-state index in [0.29, 0.717) is 31.9 Å². The number of halogens is 1. The molecule has 0 aliphatic carbocycles. The van der Waals surface area contributed by atoms with Gasteiger partial charge in [0, 0.05) is 49.6 Å². The van der Waals surface area contributed by atoms with E-state index in [1.54, 1.807) is 4.90 Å². The number of rotatable bonds is 5. The highest BCUT2D eigenvalue weighted by molar-refractivity contribution is 9.10. The summed E-state index contributed by atoms with van der Waals surface area (Å²) in [5.41, 5.74) is 2.28. The molecule has 1 aliphatic heterocycles. The van der Waals surface area contributed by atoms with Crippen LogP contribution in [-0.4, -0.2) is 73.9 Å². The van der Waals surface area contributed by atoms with Crippen molar-refractivity contribution in [2.45, 2.75) is 18.7 Å². The second-order valence-electron chi connectivity index (χ2n) is 6.23. The Morgan fingerprint density at radius 2 is 1.76 bits per heavy atom. The Bertz CT molecular complexity index is 745. The number of nitrogens with zero attached hydrogens (tertiary/aromatic N) is 3. The number of carbonyl (C=O) groups is 1. The molecule has 140 valence electrons. The van der Waals surface area contributed by atoms with Crippen molar-refractivity contribution in [2.75, 3.05) is 46.0 Å². The molecule has 0 saturated carbocycles. The van der Waals surface area contributed by atoms with Crippen LogP contribution in [-0.2, 0) is 15.0 Å². The predicted octanol–water partition coefficient (Wildman–Crippen LogP) is 2.11. The molecule has 1 aliphatic rings. The Morgan fingerprint density at radius 1 is 1.16 bits per heavy atom. The molecule has 0 aromatic heterocycles. The lowest BCUT2D eigenvalue weighted by atomic mass is 10.2. The van der Waals surface area contributed by atoms with Crippen LogP contribution < -0.4 is 0 Å². The van der Waals surface area contributed by atoms with E-state index in [9.17, 15) is 13.2 Å². The van der Waals surface area contributed by atoms with Gasteiger partial charge in [-0.15, -0.1) is 11.8 Å². The highest BCUT2D eigenvalue weighted by Gasteiger charge is 2.30. The average Bonchev–Trinajstić information content (AvgIpc) is 2.56. The summed E-state index contributed by atoms with van der Waals surface area (Å²) in [6.07, 6.45) is 0. The molecule has 1 heterocycles. The zero-order chi connectivity index (χ0) is 18.8. The standard InChI is InChI=1S/C16H24BrN3O3S2/c1-12-10-15(13(2)9-14(12)17)24-11-16(21)19-5-7-20(8-6-19)25(22,23)18(3)4/h9-10H,5-8,11H2,1-4H3. The minimum absolute atomic E-state index is 0.0480. The zero-order valence-electron chi connectivity index (χ0n) is 15.0. The molecule has 1 saturated heterocycles. The summed E-state index contributed by atoms with van der Waals surface area (Å²) < 4.78 is 27.9. The number of aryl methyl sites for hydroxylation is 2. The van der Waals surface area contributed by atoms with Crippen LogP contribution in [0.1, 0.15) is 11.1 Å². The molecule has 9 heteroatoms. The molecular weight excluding hydrogens is 426 g/mol. The third-order valence-corrected chi connectivity index (χ3v) is 8.12. The van der Waals surface area contributed by atoms with Crippen LogP contribution in [0.15, 0.2) is 21.5 Å². The highest BCUT2D eigenvalue weighted by Crippen LogP contribution is 2.28. The van der Waals surface area contributed by atoms with Gasteiger partial charge >= 0.3 is 0 Å². The van der Waals surface area contributed by atoms with Gasteiger partial charge in [0.15, 0.2) is 0 Å². The average molecular weight is 450 g/mol. The van der Waals surface area contributed by atoms with E-state index in [4.69, 9.17) is 0 Å². The molecular formula is C16H24BrN3O3S2. The number of carbonyl (C=O) groups excluding carboxylic acids is 1. The monoisotopic (exact) mass is 449 g/mol. The van der Waals surface area contributed by atoms with E-state index in [0.717, 1.165) is 20.5 Å². The van der Waals surface area contributed by atoms with Crippen LogP contribution in [0.2, 0.25) is 0 Å². The van der Waals surface area contributed by atoms with Crippen molar-refractivity contribution in [1.82, 2.24) is 13.5 Å². The topological polar surface area (TPSA) is 60.9 Å². The van der Waals surface area contributed by atoms with Gasteiger partial charge in [-0.05, 0) is 37.1 Å². The first-order valence-electron chi connectivity index (χ1n) is 7.98. The minimum Gasteiger partial charge on any atom is -0.339 e. The largest absolute Gasteiger partial charge is 0.339 e. The molecule has 1 amide bonds. The first kappa shape index (κ1) is 20.7. The number of hydrogen-bond acceptors (Lipinski definition) is 4. The molecule has 0 spiro atoms. The fourth-order valence-corrected chi connectivity index (χ4v) is 5.09. The van der Waals surface area contributed by atoms with Gasteiger partial charge in [0.25, 0.3) is 10.2 Å². The van der Waals surface area contributed by atoms with E-state index >= 15 is 0 Å². The van der Waals surface area contributed by atoms with Crippen LogP contribution in [0.4, 0.5) is 0 Å². The maximum atomic E-state index is 12.4. The second-order valence-corrected chi connectivity index (χ2v) is 10.2. The van der Waals surface area contributed by atoms with Crippen LogP contribution in [0, 0.1) is 13.8 Å². The Hall–Kier alpha value is -0.610. The van der Waals surface area contributed by atoms with Crippen molar-refractivity contribution < 1.29 is 13.2 Å². The first-order chi connectivity index (χ1) is 11.6. The molecule has 0 radical (unpaired) electrons. The van der Waals surface area contributed by atoms with Gasteiger partial charge in [-0.1, -0.05) is 15.9 Å². The Morgan fingerprint density at radius 3 is 2.32 bits per heavy atom. The van der Waals surface area contributed by atoms with Gasteiger partial charge in [0.1, 0.15) is 0 Å². The Balaban J connectivity index is 1.90. The molecule has 1 aromatic carbocycles. The van der Waals surface area contributed by atoms with E-state index in [1.165, 1.54) is 34.5 Å². The molecule has 1 fully saturated rings. The lowest BCUT2D eigenvalue weighted by molar-refractivity contribution is -0.129. The van der Waals surface area contributed by atoms with Crippen molar-refractivity contribution in [1.29, 1.82) is 0 Å². The second kappa shape index (κ2) is 8.39. The molecule has 0 N–H and O–H groups in total. The van der Waals surface area contributed by atoms with E-state index in [2.05, 4.69) is 28.1 Å². The van der Waals surface area contributed by atoms with Gasteiger partial charge in [-0.2, -0.15) is 17.0 Å². The molecule has 1 aromatic rings. The van der Waals surface area contributed by atoms with Gasteiger partial charge < -0.3 is 4.90 Å². The molecule has 25 heavy (non-hydrogen) atoms. The zero-order valence-corrected chi connectivity index (χ0v) is 18.2. The Kier molecular flexibility index (Phi) is 6.94. The lowest BCUT2D eigenvalue weighted by Crippen LogP contribution is -2.53. The summed E-state index contributed by atoms with van der Waals surface area (Å²) in [6.45, 7) is 5.61. The van der Waals surface area contributed by atoms with Crippen molar-refractivity contribution >= 4 is 43.8 Å². The summed E-state index contributed by atoms with van der Waals surface area (Å²) in [5, 5.41) is 0. The fourth-order valence-electron chi connectivity index (χ4n) is 2.54. The number of hydrogen-bond donors (Lipinski definition) is 0. The SMILES string of the molecule is Cc1cc(SCC(=O)N2CCN(S(=O)(=O)N(C)C)CC2)c(C)cc1Br. The summed E-state index contributed by atoms with van der Waals surface area (Å²) in [5.74, 6) is 0.411. The van der Waals surface area contributed by atoms with Crippen LogP contribution in [0.3, 0.4) is 0 Å². The van der Waals surface area contributed by atoms with Crippen molar-refractivity contribution in [3.63, 3.8) is 0 Å². The van der Waals surface area contributed by atoms with Crippen molar-refractivity contribution in [3.8, 4) is 0 Å². The van der Waals surface area contributed by atoms with E-state index in [1.807, 2.05) is 13.8 Å². The summed E-state index contributed by atoms with van der Waals surface area (Å²) in [6, 6.07) is 4.14. The normalized spacial score (nSPS) is 16.5. The van der Waals surface area contributed by atoms with Gasteiger partial charge in [0.05, 0.1) is 5.75 Å². The number of thioether (sulfide) groups is 1. The minimum atomic E-state index is -3.40. The van der Waals surface area contributed by atoms with E-state index < -0.39 is 10.2 Å². The third-order valence-electron chi connectivity index (χ3n) is 4.19. The van der Waals surface area contributed by atoms with Gasteiger partial charge in [0.2, 0.25) is 5.91 Å². The highest BCUT2D eigenvalue weighted by atomic mass is 79.9. The molecule has 6 nitrogen and oxygen atoms in total. The fraction of sp³-hybridized carbons (Fsp3) is 0.562. The quantitative estimate of drug-likeness (QED) is 0.645. The van der Waals surface area contributed by atoms with Gasteiger partial charge in [-0.3, -0.25) is 4.79 Å². The van der Waals surface area contributed by atoms with Crippen molar-refractivity contribution in [2.24, 2.45) is 0 Å². The lowest BCUT2D eigenvalue weighted by Gasteiger charge is -2.35. The number of amides is 1. The summed E-state index contributed by atoms with van der Waals surface area (Å²) in [4.78, 5) is 15.3. The predicted molar refractivity (Wildman–Crippen MR) is 105 cm³/mol. The van der Waals surface area contributed by atoms with Crippen LogP contribution in [0.5, 0.6) is 0 Å². The van der Waals surface area contributed by atoms with Crippen LogP contribution in [0.25, 0.3) is 0 Å². The maximum Gasteiger partial charge on any atom is 0.281 e. The summed E-state index contributed by atoms with van der Waals surface area (Å²) >= 11 is 5.04. The molecule has 2 rings (SSSR count). The summed E-state index contributed by atoms with van der Waals surface area (Å²) in [7, 11) is -0.360. The number of benzene rings is 1. The molecule has 0 unspecified atom stereocenters. The van der Waals surface area contributed by atoms with Crippen molar-refractivity contribution in [3.05, 3.63) is 27.7 Å². The maximum absolute atomic E-state index is 12.4. The molecule has 0 atom stereocenters. The van der Waals surface area contributed by atoms with Gasteiger partial charge in [-0.25, -0.2) is 0 Å². The first-order valence-corrected chi connectivity index (χ1v) is 11.2. The van der Waals surface area contributed by atoms with Crippen LogP contribution >= 0.6 is 27.7 Å². The smallest absolute Gasteiger partial charge is 0.281 e.